The highest BCUT2D eigenvalue weighted by Gasteiger charge is 2.28. The van der Waals surface area contributed by atoms with Gasteiger partial charge in [0.1, 0.15) is 0 Å². The van der Waals surface area contributed by atoms with Crippen LogP contribution in [0.5, 0.6) is 0 Å². The van der Waals surface area contributed by atoms with Crippen LogP contribution in [-0.4, -0.2) is 0 Å². The molecule has 2 aromatic carbocycles. The van der Waals surface area contributed by atoms with Gasteiger partial charge in [-0.15, -0.1) is 0 Å². The van der Waals surface area contributed by atoms with Crippen molar-refractivity contribution in [1.29, 1.82) is 0 Å². The molecule has 0 aliphatic heterocycles. The Kier molecular flexibility index (Phi) is 2.16. The quantitative estimate of drug-likeness (QED) is 0.578. The zero-order valence-corrected chi connectivity index (χ0v) is 10.4. The third kappa shape index (κ3) is 1.32. The Morgan fingerprint density at radius 2 is 1.78 bits per heavy atom. The molecule has 0 N–H and O–H groups in total. The maximum absolute atomic E-state index is 2.41. The van der Waals surface area contributed by atoms with Crippen molar-refractivity contribution in [2.75, 3.05) is 0 Å². The molecule has 4 rings (SSSR count). The molecule has 2 aliphatic rings. The highest BCUT2D eigenvalue weighted by atomic mass is 14.3. The summed E-state index contributed by atoms with van der Waals surface area (Å²) >= 11 is 0. The molecular formula is C18H16. The van der Waals surface area contributed by atoms with Crippen LogP contribution in [-0.2, 0) is 6.42 Å². The molecule has 88 valence electrons. The predicted octanol–water partition coefficient (Wildman–Crippen LogP) is 4.69. The first-order chi connectivity index (χ1) is 8.95. The van der Waals surface area contributed by atoms with E-state index in [1.54, 1.807) is 11.1 Å². The Labute approximate surface area is 108 Å². The lowest BCUT2D eigenvalue weighted by Gasteiger charge is -2.16. The normalized spacial score (nSPS) is 19.9. The van der Waals surface area contributed by atoms with E-state index >= 15 is 0 Å². The Hall–Kier alpha value is -1.82. The van der Waals surface area contributed by atoms with E-state index in [1.807, 2.05) is 0 Å². The summed E-state index contributed by atoms with van der Waals surface area (Å²) in [6, 6.07) is 15.7. The smallest absolute Gasteiger partial charge is 0.0284 e. The summed E-state index contributed by atoms with van der Waals surface area (Å²) in [6.45, 7) is 0. The fourth-order valence-corrected chi connectivity index (χ4v) is 3.44. The molecule has 0 aromatic heterocycles. The first-order valence-corrected chi connectivity index (χ1v) is 6.83. The summed E-state index contributed by atoms with van der Waals surface area (Å²) in [5.74, 6) is 0.493. The van der Waals surface area contributed by atoms with Gasteiger partial charge in [-0.1, -0.05) is 54.6 Å². The van der Waals surface area contributed by atoms with Gasteiger partial charge in [-0.3, -0.25) is 0 Å². The zero-order chi connectivity index (χ0) is 11.9. The van der Waals surface area contributed by atoms with Gasteiger partial charge in [0.05, 0.1) is 0 Å². The van der Waals surface area contributed by atoms with Crippen molar-refractivity contribution in [2.24, 2.45) is 0 Å². The Bertz CT molecular complexity index is 634. The molecule has 0 saturated heterocycles. The Balaban J connectivity index is 2.06. The second kappa shape index (κ2) is 3.84. The van der Waals surface area contributed by atoms with Gasteiger partial charge in [-0.2, -0.15) is 0 Å². The van der Waals surface area contributed by atoms with Gasteiger partial charge in [0.25, 0.3) is 0 Å². The van der Waals surface area contributed by atoms with Crippen LogP contribution in [0.3, 0.4) is 0 Å². The van der Waals surface area contributed by atoms with E-state index in [2.05, 4.69) is 54.6 Å². The standard InChI is InChI=1S/C18H16/c1-2-7-13-8-6-12-17-15-10-5-4-9-14(15)16(11-3-1)18(13)17/h3-6,8-12,16H,1-2,7H2. The van der Waals surface area contributed by atoms with Crippen molar-refractivity contribution in [3.05, 3.63) is 71.3 Å². The minimum Gasteiger partial charge on any atom is -0.0876 e. The minimum atomic E-state index is 0.493. The maximum Gasteiger partial charge on any atom is 0.0284 e. The molecule has 1 atom stereocenters. The minimum absolute atomic E-state index is 0.493. The molecule has 0 fully saturated rings. The number of rotatable bonds is 0. The molecule has 0 heterocycles. The monoisotopic (exact) mass is 232 g/mol. The van der Waals surface area contributed by atoms with Crippen LogP contribution in [0, 0.1) is 0 Å². The summed E-state index contributed by atoms with van der Waals surface area (Å²) in [6.07, 6.45) is 8.48. The largest absolute Gasteiger partial charge is 0.0876 e. The van der Waals surface area contributed by atoms with Gasteiger partial charge in [-0.25, -0.2) is 0 Å². The van der Waals surface area contributed by atoms with Crippen LogP contribution in [0.1, 0.15) is 35.4 Å². The lowest BCUT2D eigenvalue weighted by atomic mass is 9.88. The second-order valence-corrected chi connectivity index (χ2v) is 5.26. The van der Waals surface area contributed by atoms with Crippen LogP contribution >= 0.6 is 0 Å². The van der Waals surface area contributed by atoms with Gasteiger partial charge in [0, 0.05) is 5.92 Å². The molecule has 0 spiro atoms. The van der Waals surface area contributed by atoms with Gasteiger partial charge < -0.3 is 0 Å². The molecule has 18 heavy (non-hydrogen) atoms. The van der Waals surface area contributed by atoms with Crippen molar-refractivity contribution in [2.45, 2.75) is 25.2 Å². The molecule has 0 amide bonds. The van der Waals surface area contributed by atoms with Crippen LogP contribution in [0.2, 0.25) is 0 Å². The van der Waals surface area contributed by atoms with Gasteiger partial charge in [0.2, 0.25) is 0 Å². The summed E-state index contributed by atoms with van der Waals surface area (Å²) in [4.78, 5) is 0. The molecule has 1 unspecified atom stereocenters. The van der Waals surface area contributed by atoms with E-state index in [9.17, 15) is 0 Å². The lowest BCUT2D eigenvalue weighted by Crippen LogP contribution is -2.00. The lowest BCUT2D eigenvalue weighted by molar-refractivity contribution is 0.810. The van der Waals surface area contributed by atoms with E-state index in [-0.39, 0.29) is 0 Å². The highest BCUT2D eigenvalue weighted by Crippen LogP contribution is 2.47. The van der Waals surface area contributed by atoms with Gasteiger partial charge >= 0.3 is 0 Å². The Morgan fingerprint density at radius 1 is 0.889 bits per heavy atom. The van der Waals surface area contributed by atoms with E-state index in [4.69, 9.17) is 0 Å². The average Bonchev–Trinajstić information content (AvgIpc) is 2.70. The molecule has 0 radical (unpaired) electrons. The summed E-state index contributed by atoms with van der Waals surface area (Å²) in [5.41, 5.74) is 7.50. The third-order valence-electron chi connectivity index (χ3n) is 4.24. The zero-order valence-electron chi connectivity index (χ0n) is 10.4. The van der Waals surface area contributed by atoms with Gasteiger partial charge in [0.15, 0.2) is 0 Å². The summed E-state index contributed by atoms with van der Waals surface area (Å²) in [5, 5.41) is 0. The number of allylic oxidation sites excluding steroid dienone is 2. The van der Waals surface area contributed by atoms with E-state index in [0.29, 0.717) is 5.92 Å². The molecule has 0 saturated carbocycles. The molecule has 0 heteroatoms. The first kappa shape index (κ1) is 10.1. The Morgan fingerprint density at radius 3 is 2.78 bits per heavy atom. The van der Waals surface area contributed by atoms with E-state index in [0.717, 1.165) is 0 Å². The number of hydrogen-bond donors (Lipinski definition) is 0. The van der Waals surface area contributed by atoms with Gasteiger partial charge in [-0.05, 0) is 47.1 Å². The third-order valence-corrected chi connectivity index (χ3v) is 4.24. The van der Waals surface area contributed by atoms with Crippen molar-refractivity contribution in [1.82, 2.24) is 0 Å². The molecule has 0 bridgehead atoms. The van der Waals surface area contributed by atoms with Crippen molar-refractivity contribution < 1.29 is 0 Å². The fraction of sp³-hybridized carbons (Fsp3) is 0.222. The highest BCUT2D eigenvalue weighted by molar-refractivity contribution is 5.81. The first-order valence-electron chi connectivity index (χ1n) is 6.83. The fourth-order valence-electron chi connectivity index (χ4n) is 3.44. The van der Waals surface area contributed by atoms with Crippen LogP contribution < -0.4 is 0 Å². The molecular weight excluding hydrogens is 216 g/mol. The predicted molar refractivity (Wildman–Crippen MR) is 75.8 cm³/mol. The number of aryl methyl sites for hydroxylation is 1. The molecule has 0 nitrogen and oxygen atoms in total. The van der Waals surface area contributed by atoms with Crippen LogP contribution in [0.25, 0.3) is 11.1 Å². The van der Waals surface area contributed by atoms with Crippen molar-refractivity contribution >= 4 is 0 Å². The second-order valence-electron chi connectivity index (χ2n) is 5.26. The van der Waals surface area contributed by atoms with Crippen molar-refractivity contribution in [3.63, 3.8) is 0 Å². The molecule has 2 aromatic rings. The summed E-state index contributed by atoms with van der Waals surface area (Å²) < 4.78 is 0. The van der Waals surface area contributed by atoms with Crippen molar-refractivity contribution in [3.8, 4) is 11.1 Å². The average molecular weight is 232 g/mol. The summed E-state index contributed by atoms with van der Waals surface area (Å²) in [7, 11) is 0. The van der Waals surface area contributed by atoms with Crippen LogP contribution in [0.4, 0.5) is 0 Å². The number of benzene rings is 2. The van der Waals surface area contributed by atoms with E-state index < -0.39 is 0 Å². The topological polar surface area (TPSA) is 0 Å². The van der Waals surface area contributed by atoms with E-state index in [1.165, 1.54) is 36.0 Å². The number of hydrogen-bond acceptors (Lipinski definition) is 0. The number of fused-ring (bicyclic) bond motifs is 3. The van der Waals surface area contributed by atoms with Crippen LogP contribution in [0.15, 0.2) is 54.6 Å². The molecule has 2 aliphatic carbocycles. The SMILES string of the molecule is C1=CC2c3ccccc3-c3cccc(c32)CCC1. The maximum atomic E-state index is 2.41.